The van der Waals surface area contributed by atoms with Crippen LogP contribution >= 0.6 is 0 Å². The summed E-state index contributed by atoms with van der Waals surface area (Å²) in [7, 11) is 3.11. The standard InChI is InChI=1S/C24H29NO5/c1-17(2)14-20(24(27)30-16-19-8-6-5-7-9-19)25-23(26)13-11-18-10-12-21(28-3)22(15-18)29-4/h5-13,15,17,20H,14,16H2,1-4H3,(H,25,26)/b13-11+. The molecule has 0 bridgehead atoms. The minimum atomic E-state index is -0.712. The molecule has 1 unspecified atom stereocenters. The number of hydrogen-bond donors (Lipinski definition) is 1. The molecule has 2 aromatic rings. The van der Waals surface area contributed by atoms with Crippen molar-refractivity contribution in [1.29, 1.82) is 0 Å². The van der Waals surface area contributed by atoms with Crippen LogP contribution in [0.4, 0.5) is 0 Å². The van der Waals surface area contributed by atoms with E-state index in [1.807, 2.05) is 50.2 Å². The summed E-state index contributed by atoms with van der Waals surface area (Å²) >= 11 is 0. The fraction of sp³-hybridized carbons (Fsp3) is 0.333. The first-order valence-electron chi connectivity index (χ1n) is 9.84. The molecule has 0 spiro atoms. The van der Waals surface area contributed by atoms with Crippen molar-refractivity contribution in [3.8, 4) is 11.5 Å². The molecule has 0 aliphatic carbocycles. The second-order valence-electron chi connectivity index (χ2n) is 7.23. The maximum atomic E-state index is 12.5. The van der Waals surface area contributed by atoms with E-state index in [1.165, 1.54) is 6.08 Å². The van der Waals surface area contributed by atoms with E-state index in [4.69, 9.17) is 14.2 Å². The van der Waals surface area contributed by atoms with Crippen molar-refractivity contribution >= 4 is 18.0 Å². The number of ether oxygens (including phenoxy) is 3. The van der Waals surface area contributed by atoms with Gasteiger partial charge in [0.2, 0.25) is 5.91 Å². The maximum Gasteiger partial charge on any atom is 0.328 e. The maximum absolute atomic E-state index is 12.5. The Morgan fingerprint density at radius 3 is 2.33 bits per heavy atom. The second kappa shape index (κ2) is 11.7. The van der Waals surface area contributed by atoms with Gasteiger partial charge in [0.15, 0.2) is 11.5 Å². The van der Waals surface area contributed by atoms with Crippen LogP contribution in [0, 0.1) is 5.92 Å². The number of rotatable bonds is 10. The summed E-state index contributed by atoms with van der Waals surface area (Å²) in [4.78, 5) is 24.9. The molecule has 1 atom stereocenters. The molecule has 6 nitrogen and oxygen atoms in total. The summed E-state index contributed by atoms with van der Waals surface area (Å²) in [6, 6.07) is 14.1. The molecule has 1 N–H and O–H groups in total. The van der Waals surface area contributed by atoms with Crippen LogP contribution in [0.1, 0.15) is 31.4 Å². The van der Waals surface area contributed by atoms with Crippen molar-refractivity contribution in [1.82, 2.24) is 5.32 Å². The number of nitrogens with one attached hydrogen (secondary N) is 1. The van der Waals surface area contributed by atoms with Gasteiger partial charge in [0.1, 0.15) is 12.6 Å². The molecule has 2 aromatic carbocycles. The van der Waals surface area contributed by atoms with Gasteiger partial charge in [0.05, 0.1) is 14.2 Å². The van der Waals surface area contributed by atoms with Crippen LogP contribution in [0.2, 0.25) is 0 Å². The van der Waals surface area contributed by atoms with Crippen molar-refractivity contribution < 1.29 is 23.8 Å². The lowest BCUT2D eigenvalue weighted by Crippen LogP contribution is -2.42. The topological polar surface area (TPSA) is 73.9 Å². The van der Waals surface area contributed by atoms with E-state index in [0.29, 0.717) is 17.9 Å². The zero-order chi connectivity index (χ0) is 21.9. The van der Waals surface area contributed by atoms with Gasteiger partial charge in [-0.3, -0.25) is 4.79 Å². The highest BCUT2D eigenvalue weighted by atomic mass is 16.5. The minimum absolute atomic E-state index is 0.172. The van der Waals surface area contributed by atoms with E-state index < -0.39 is 12.0 Å². The third kappa shape index (κ3) is 7.28. The van der Waals surface area contributed by atoms with Crippen LogP contribution in [-0.2, 0) is 20.9 Å². The fourth-order valence-electron chi connectivity index (χ4n) is 2.86. The largest absolute Gasteiger partial charge is 0.493 e. The van der Waals surface area contributed by atoms with Crippen molar-refractivity contribution in [2.45, 2.75) is 32.9 Å². The number of hydrogen-bond acceptors (Lipinski definition) is 5. The molecule has 1 amide bonds. The molecule has 0 fully saturated rings. The van der Waals surface area contributed by atoms with Gasteiger partial charge in [-0.05, 0) is 41.7 Å². The highest BCUT2D eigenvalue weighted by Gasteiger charge is 2.22. The molecular formula is C24H29NO5. The number of benzene rings is 2. The van der Waals surface area contributed by atoms with Crippen LogP contribution in [0.15, 0.2) is 54.6 Å². The predicted octanol–water partition coefficient (Wildman–Crippen LogP) is 3.99. The summed E-state index contributed by atoms with van der Waals surface area (Å²) in [5.41, 5.74) is 1.67. The van der Waals surface area contributed by atoms with E-state index in [1.54, 1.807) is 32.4 Å². The van der Waals surface area contributed by atoms with Crippen molar-refractivity contribution in [2.24, 2.45) is 5.92 Å². The second-order valence-corrected chi connectivity index (χ2v) is 7.23. The Morgan fingerprint density at radius 2 is 1.70 bits per heavy atom. The fourth-order valence-corrected chi connectivity index (χ4v) is 2.86. The summed E-state index contributed by atoms with van der Waals surface area (Å²) in [5.74, 6) is 0.585. The van der Waals surface area contributed by atoms with Gasteiger partial charge in [-0.1, -0.05) is 50.2 Å². The lowest BCUT2D eigenvalue weighted by atomic mass is 10.0. The Labute approximate surface area is 177 Å². The third-order valence-electron chi connectivity index (χ3n) is 4.37. The molecule has 0 aromatic heterocycles. The van der Waals surface area contributed by atoms with Gasteiger partial charge in [0, 0.05) is 6.08 Å². The number of carbonyl (C=O) groups excluding carboxylic acids is 2. The molecule has 0 saturated carbocycles. The highest BCUT2D eigenvalue weighted by Crippen LogP contribution is 2.27. The van der Waals surface area contributed by atoms with Gasteiger partial charge in [-0.25, -0.2) is 4.79 Å². The number of carbonyl (C=O) groups is 2. The number of esters is 1. The van der Waals surface area contributed by atoms with Gasteiger partial charge in [-0.2, -0.15) is 0 Å². The smallest absolute Gasteiger partial charge is 0.328 e. The molecule has 6 heteroatoms. The summed E-state index contributed by atoms with van der Waals surface area (Å²) in [6.07, 6.45) is 3.53. The molecule has 0 radical (unpaired) electrons. The molecule has 160 valence electrons. The molecule has 2 rings (SSSR count). The Morgan fingerprint density at radius 1 is 1.00 bits per heavy atom. The van der Waals surface area contributed by atoms with Crippen molar-refractivity contribution in [3.63, 3.8) is 0 Å². The van der Waals surface area contributed by atoms with E-state index in [9.17, 15) is 9.59 Å². The summed E-state index contributed by atoms with van der Waals surface area (Å²) in [6.45, 7) is 4.15. The molecule has 0 aliphatic heterocycles. The van der Waals surface area contributed by atoms with Gasteiger partial charge < -0.3 is 19.5 Å². The monoisotopic (exact) mass is 411 g/mol. The Bertz CT molecular complexity index is 861. The number of methoxy groups -OCH3 is 2. The Balaban J connectivity index is 2.00. The Kier molecular flexibility index (Phi) is 8.94. The zero-order valence-electron chi connectivity index (χ0n) is 17.9. The van der Waals surface area contributed by atoms with Crippen molar-refractivity contribution in [3.05, 3.63) is 65.7 Å². The van der Waals surface area contributed by atoms with Crippen LogP contribution in [0.5, 0.6) is 11.5 Å². The van der Waals surface area contributed by atoms with E-state index >= 15 is 0 Å². The van der Waals surface area contributed by atoms with Crippen molar-refractivity contribution in [2.75, 3.05) is 14.2 Å². The van der Waals surface area contributed by atoms with Gasteiger partial charge >= 0.3 is 5.97 Å². The first kappa shape index (κ1) is 23.0. The average molecular weight is 411 g/mol. The SMILES string of the molecule is COc1ccc(/C=C/C(=O)NC(CC(C)C)C(=O)OCc2ccccc2)cc1OC. The van der Waals surface area contributed by atoms with E-state index in [2.05, 4.69) is 5.32 Å². The number of amides is 1. The normalized spacial score (nSPS) is 11.9. The molecular weight excluding hydrogens is 382 g/mol. The summed E-state index contributed by atoms with van der Waals surface area (Å²) in [5, 5.41) is 2.75. The lowest BCUT2D eigenvalue weighted by Gasteiger charge is -2.18. The van der Waals surface area contributed by atoms with Crippen LogP contribution in [0.25, 0.3) is 6.08 Å². The summed E-state index contributed by atoms with van der Waals surface area (Å²) < 4.78 is 15.9. The van der Waals surface area contributed by atoms with Gasteiger partial charge in [-0.15, -0.1) is 0 Å². The molecule has 0 saturated heterocycles. The zero-order valence-corrected chi connectivity index (χ0v) is 17.9. The quantitative estimate of drug-likeness (QED) is 0.473. The van der Waals surface area contributed by atoms with Crippen LogP contribution in [0.3, 0.4) is 0 Å². The highest BCUT2D eigenvalue weighted by molar-refractivity contribution is 5.94. The van der Waals surface area contributed by atoms with Gasteiger partial charge in [0.25, 0.3) is 0 Å². The van der Waals surface area contributed by atoms with E-state index in [-0.39, 0.29) is 18.4 Å². The first-order chi connectivity index (χ1) is 14.4. The predicted molar refractivity (Wildman–Crippen MR) is 116 cm³/mol. The lowest BCUT2D eigenvalue weighted by molar-refractivity contribution is -0.149. The molecule has 0 aliphatic rings. The van der Waals surface area contributed by atoms with Crippen LogP contribution < -0.4 is 14.8 Å². The average Bonchev–Trinajstić information content (AvgIpc) is 2.75. The minimum Gasteiger partial charge on any atom is -0.493 e. The Hall–Kier alpha value is -3.28. The van der Waals surface area contributed by atoms with Crippen LogP contribution in [-0.4, -0.2) is 32.1 Å². The van der Waals surface area contributed by atoms with E-state index in [0.717, 1.165) is 11.1 Å². The molecule has 0 heterocycles. The molecule has 30 heavy (non-hydrogen) atoms. The first-order valence-corrected chi connectivity index (χ1v) is 9.84. The third-order valence-corrected chi connectivity index (χ3v) is 4.37.